The van der Waals surface area contributed by atoms with Crippen LogP contribution in [0.1, 0.15) is 38.9 Å². The molecular formula is C13H18Cl2N4OS. The maximum Gasteiger partial charge on any atom is 0.251 e. The van der Waals surface area contributed by atoms with Crippen molar-refractivity contribution in [1.29, 1.82) is 0 Å². The molecule has 0 saturated heterocycles. The van der Waals surface area contributed by atoms with Crippen LogP contribution in [0.25, 0.3) is 0 Å². The molecule has 2 rings (SSSR count). The standard InChI is InChI=1S/C13H16N4OS.2ClH/c1-8-7-16-13(19-8)9(2)17-12(18)10-3-4-15-11(5-10)6-14;;/h3-5,7,9H,6,14H2,1-2H3,(H,17,18);2*1H. The third-order valence-corrected chi connectivity index (χ3v) is 3.74. The number of aromatic nitrogens is 2. The van der Waals surface area contributed by atoms with Crippen molar-refractivity contribution in [2.45, 2.75) is 26.4 Å². The average molecular weight is 349 g/mol. The van der Waals surface area contributed by atoms with E-state index in [2.05, 4.69) is 15.3 Å². The van der Waals surface area contributed by atoms with Crippen molar-refractivity contribution in [2.24, 2.45) is 5.73 Å². The normalized spacial score (nSPS) is 11.0. The summed E-state index contributed by atoms with van der Waals surface area (Å²) in [7, 11) is 0. The SMILES string of the molecule is Cc1cnc(C(C)NC(=O)c2ccnc(CN)c2)s1.Cl.Cl. The van der Waals surface area contributed by atoms with Gasteiger partial charge in [0.1, 0.15) is 5.01 Å². The highest BCUT2D eigenvalue weighted by molar-refractivity contribution is 7.11. The molecule has 3 N–H and O–H groups in total. The predicted octanol–water partition coefficient (Wildman–Crippen LogP) is 2.64. The van der Waals surface area contributed by atoms with Crippen LogP contribution in [0.4, 0.5) is 0 Å². The van der Waals surface area contributed by atoms with E-state index in [1.165, 1.54) is 0 Å². The van der Waals surface area contributed by atoms with Gasteiger partial charge in [-0.05, 0) is 26.0 Å². The molecule has 1 unspecified atom stereocenters. The summed E-state index contributed by atoms with van der Waals surface area (Å²) in [5, 5.41) is 3.82. The van der Waals surface area contributed by atoms with Crippen molar-refractivity contribution < 1.29 is 4.79 Å². The first kappa shape index (κ1) is 19.8. The topological polar surface area (TPSA) is 80.9 Å². The maximum absolute atomic E-state index is 12.1. The lowest BCUT2D eigenvalue weighted by atomic mass is 10.2. The first-order valence-corrected chi connectivity index (χ1v) is 6.80. The second-order valence-electron chi connectivity index (χ2n) is 4.24. The molecule has 116 valence electrons. The molecule has 0 saturated carbocycles. The number of hydrogen-bond donors (Lipinski definition) is 2. The molecule has 1 amide bonds. The van der Waals surface area contributed by atoms with Gasteiger partial charge in [0, 0.05) is 29.4 Å². The van der Waals surface area contributed by atoms with Gasteiger partial charge in [0.2, 0.25) is 0 Å². The largest absolute Gasteiger partial charge is 0.343 e. The van der Waals surface area contributed by atoms with E-state index in [1.54, 1.807) is 29.7 Å². The zero-order valence-electron chi connectivity index (χ0n) is 11.7. The fraction of sp³-hybridized carbons (Fsp3) is 0.308. The number of carbonyl (C=O) groups is 1. The van der Waals surface area contributed by atoms with Crippen molar-refractivity contribution >= 4 is 42.1 Å². The van der Waals surface area contributed by atoms with E-state index in [4.69, 9.17) is 5.73 Å². The summed E-state index contributed by atoms with van der Waals surface area (Å²) in [5.74, 6) is -0.141. The molecule has 5 nitrogen and oxygen atoms in total. The van der Waals surface area contributed by atoms with Crippen LogP contribution < -0.4 is 11.1 Å². The smallest absolute Gasteiger partial charge is 0.251 e. The summed E-state index contributed by atoms with van der Waals surface area (Å²) in [4.78, 5) is 21.6. The minimum atomic E-state index is -0.141. The number of aryl methyl sites for hydroxylation is 1. The Balaban J connectivity index is 0.00000200. The van der Waals surface area contributed by atoms with E-state index in [0.29, 0.717) is 17.8 Å². The Morgan fingerprint density at radius 3 is 2.71 bits per heavy atom. The monoisotopic (exact) mass is 348 g/mol. The number of thiazole rings is 1. The van der Waals surface area contributed by atoms with Crippen molar-refractivity contribution in [3.05, 3.63) is 45.7 Å². The number of amides is 1. The van der Waals surface area contributed by atoms with E-state index in [0.717, 1.165) is 9.88 Å². The maximum atomic E-state index is 12.1. The number of nitrogens with two attached hydrogens (primary N) is 1. The number of nitrogens with zero attached hydrogens (tertiary/aromatic N) is 2. The lowest BCUT2D eigenvalue weighted by Gasteiger charge is -2.11. The number of pyridine rings is 1. The molecule has 0 aliphatic carbocycles. The molecule has 0 aliphatic rings. The Bertz CT molecular complexity index is 591. The van der Waals surface area contributed by atoms with E-state index < -0.39 is 0 Å². The van der Waals surface area contributed by atoms with E-state index in [1.807, 2.05) is 20.0 Å². The van der Waals surface area contributed by atoms with Crippen molar-refractivity contribution in [3.63, 3.8) is 0 Å². The highest BCUT2D eigenvalue weighted by Gasteiger charge is 2.14. The summed E-state index contributed by atoms with van der Waals surface area (Å²) < 4.78 is 0. The van der Waals surface area contributed by atoms with Crippen LogP contribution >= 0.6 is 36.2 Å². The average Bonchev–Trinajstić information content (AvgIpc) is 2.85. The van der Waals surface area contributed by atoms with Crippen LogP contribution in [0.5, 0.6) is 0 Å². The van der Waals surface area contributed by atoms with Gasteiger partial charge < -0.3 is 11.1 Å². The molecular weight excluding hydrogens is 331 g/mol. The molecule has 0 aromatic carbocycles. The third kappa shape index (κ3) is 5.24. The fourth-order valence-electron chi connectivity index (χ4n) is 1.65. The van der Waals surface area contributed by atoms with Crippen molar-refractivity contribution in [2.75, 3.05) is 0 Å². The summed E-state index contributed by atoms with van der Waals surface area (Å²) in [6, 6.07) is 3.27. The number of rotatable bonds is 4. The van der Waals surface area contributed by atoms with Gasteiger partial charge in [-0.25, -0.2) is 4.98 Å². The minimum absolute atomic E-state index is 0. The number of hydrogen-bond acceptors (Lipinski definition) is 5. The molecule has 0 fully saturated rings. The number of nitrogens with one attached hydrogen (secondary N) is 1. The Hall–Kier alpha value is -1.21. The molecule has 2 heterocycles. The first-order chi connectivity index (χ1) is 9.10. The zero-order valence-corrected chi connectivity index (χ0v) is 14.1. The lowest BCUT2D eigenvalue weighted by molar-refractivity contribution is 0.0939. The molecule has 8 heteroatoms. The molecule has 0 radical (unpaired) electrons. The van der Waals surface area contributed by atoms with E-state index in [-0.39, 0.29) is 36.8 Å². The van der Waals surface area contributed by atoms with Crippen LogP contribution in [0, 0.1) is 6.92 Å². The first-order valence-electron chi connectivity index (χ1n) is 5.98. The minimum Gasteiger partial charge on any atom is -0.343 e. The van der Waals surface area contributed by atoms with Gasteiger partial charge in [-0.3, -0.25) is 9.78 Å². The van der Waals surface area contributed by atoms with Gasteiger partial charge in [0.15, 0.2) is 0 Å². The van der Waals surface area contributed by atoms with Gasteiger partial charge in [0.25, 0.3) is 5.91 Å². The fourth-order valence-corrected chi connectivity index (χ4v) is 2.42. The lowest BCUT2D eigenvalue weighted by Crippen LogP contribution is -2.26. The van der Waals surface area contributed by atoms with Gasteiger partial charge in [-0.1, -0.05) is 0 Å². The van der Waals surface area contributed by atoms with Crippen molar-refractivity contribution in [3.8, 4) is 0 Å². The molecule has 2 aromatic heterocycles. The van der Waals surface area contributed by atoms with E-state index >= 15 is 0 Å². The van der Waals surface area contributed by atoms with Gasteiger partial charge in [-0.15, -0.1) is 36.2 Å². The molecule has 0 bridgehead atoms. The predicted molar refractivity (Wildman–Crippen MR) is 89.4 cm³/mol. The Morgan fingerprint density at radius 1 is 1.43 bits per heavy atom. The van der Waals surface area contributed by atoms with Crippen LogP contribution in [-0.4, -0.2) is 15.9 Å². The quantitative estimate of drug-likeness (QED) is 0.889. The second-order valence-corrected chi connectivity index (χ2v) is 5.51. The number of carbonyl (C=O) groups excluding carboxylic acids is 1. The summed E-state index contributed by atoms with van der Waals surface area (Å²) in [6.07, 6.45) is 3.40. The molecule has 2 aromatic rings. The molecule has 0 spiro atoms. The van der Waals surface area contributed by atoms with Crippen LogP contribution in [0.15, 0.2) is 24.5 Å². The zero-order chi connectivity index (χ0) is 13.8. The van der Waals surface area contributed by atoms with Crippen LogP contribution in [0.3, 0.4) is 0 Å². The molecule has 0 aliphatic heterocycles. The summed E-state index contributed by atoms with van der Waals surface area (Å²) in [6.45, 7) is 4.23. The van der Waals surface area contributed by atoms with Gasteiger partial charge in [0.05, 0.1) is 11.7 Å². The summed E-state index contributed by atoms with van der Waals surface area (Å²) in [5.41, 5.74) is 6.78. The second kappa shape index (κ2) is 8.94. The molecule has 21 heavy (non-hydrogen) atoms. The van der Waals surface area contributed by atoms with Crippen molar-refractivity contribution in [1.82, 2.24) is 15.3 Å². The molecule has 1 atom stereocenters. The van der Waals surface area contributed by atoms with Crippen LogP contribution in [0.2, 0.25) is 0 Å². The highest BCUT2D eigenvalue weighted by atomic mass is 35.5. The third-order valence-electron chi connectivity index (χ3n) is 2.65. The van der Waals surface area contributed by atoms with Gasteiger partial charge in [-0.2, -0.15) is 0 Å². The van der Waals surface area contributed by atoms with E-state index in [9.17, 15) is 4.79 Å². The Morgan fingerprint density at radius 2 is 2.14 bits per heavy atom. The Labute approximate surface area is 140 Å². The number of halogens is 2. The Kier molecular flexibility index (Phi) is 8.43. The van der Waals surface area contributed by atoms with Gasteiger partial charge >= 0.3 is 0 Å². The summed E-state index contributed by atoms with van der Waals surface area (Å²) >= 11 is 1.58. The van der Waals surface area contributed by atoms with Crippen LogP contribution in [-0.2, 0) is 6.54 Å². The highest BCUT2D eigenvalue weighted by Crippen LogP contribution is 2.19.